The highest BCUT2D eigenvalue weighted by atomic mass is 16.6. The molecule has 8 aromatic rings. The van der Waals surface area contributed by atoms with Gasteiger partial charge in [-0.3, -0.25) is 88.4 Å². The molecule has 45 heteroatoms. The van der Waals surface area contributed by atoms with Crippen LogP contribution in [0.15, 0.2) is 193 Å². The summed E-state index contributed by atoms with van der Waals surface area (Å²) in [5, 5.41) is 128. The average Bonchev–Trinajstić information content (AvgIpc) is 0.810. The molecule has 710 valence electrons. The van der Waals surface area contributed by atoms with Crippen LogP contribution in [0.4, 0.5) is 102 Å². The van der Waals surface area contributed by atoms with E-state index in [4.69, 9.17) is 24.2 Å². The van der Waals surface area contributed by atoms with Gasteiger partial charge >= 0.3 is 23.9 Å². The first-order valence-corrected chi connectivity index (χ1v) is 41.9. The molecule has 0 heterocycles. The predicted molar refractivity (Wildman–Crippen MR) is 497 cm³/mol. The summed E-state index contributed by atoms with van der Waals surface area (Å²) in [4.78, 5) is 164. The number of Topliss-reactive ketones (excluding diaryl/α,β-unsaturated/α-hetero) is 4. The molecule has 8 aromatic carbocycles. The summed E-state index contributed by atoms with van der Waals surface area (Å²) in [6, 6.07) is 46.8. The van der Waals surface area contributed by atoms with Gasteiger partial charge in [0.15, 0.2) is 23.1 Å². The Morgan fingerprint density at radius 3 is 0.905 bits per heavy atom. The van der Waals surface area contributed by atoms with Crippen LogP contribution in [0.3, 0.4) is 0 Å². The topological polar surface area (TPSA) is 635 Å². The lowest BCUT2D eigenvalue weighted by molar-refractivity contribution is -0.385. The van der Waals surface area contributed by atoms with E-state index < -0.39 is 54.9 Å². The molecule has 2 amide bonds. The number of unbranched alkanes of at least 4 members (excludes halogenated alkanes) is 1. The number of anilines is 6. The molecule has 0 aliphatic heterocycles. The van der Waals surface area contributed by atoms with Crippen molar-refractivity contribution in [2.75, 3.05) is 109 Å². The van der Waals surface area contributed by atoms with Gasteiger partial charge in [-0.1, -0.05) is 20.3 Å². The molecule has 0 fully saturated rings. The van der Waals surface area contributed by atoms with Crippen molar-refractivity contribution in [2.45, 2.75) is 114 Å². The number of nitrogens with one attached hydrogen (secondary N) is 2. The zero-order valence-corrected chi connectivity index (χ0v) is 76.2. The van der Waals surface area contributed by atoms with Crippen molar-refractivity contribution in [1.29, 1.82) is 26.3 Å². The van der Waals surface area contributed by atoms with E-state index in [0.29, 0.717) is 80.8 Å². The summed E-state index contributed by atoms with van der Waals surface area (Å²) in [6.07, 6.45) is 2.90. The fourth-order valence-corrected chi connectivity index (χ4v) is 11.8. The maximum absolute atomic E-state index is 12.0. The molecule has 0 saturated carbocycles. The average molecular weight is 1870 g/mol. The highest BCUT2D eigenvalue weighted by Gasteiger charge is 2.23. The Bertz CT molecular complexity index is 6020. The minimum atomic E-state index is -0.721. The van der Waals surface area contributed by atoms with E-state index in [0.717, 1.165) is 61.0 Å². The molecule has 0 bridgehead atoms. The molecule has 2 N–H and O–H groups in total. The van der Waals surface area contributed by atoms with Crippen molar-refractivity contribution in [3.63, 3.8) is 0 Å². The van der Waals surface area contributed by atoms with Crippen LogP contribution in [0.25, 0.3) is 0 Å². The summed E-state index contributed by atoms with van der Waals surface area (Å²) in [5.74, 6) is -3.56. The molecule has 0 radical (unpaired) electrons. The molecule has 8 rings (SSSR count). The standard InChI is InChI=1S/C26H27N7O6.C25H25N7O6.C21H21N5O5.C20H22N4O5/c1-4-5-9-32(10-8-25(36)39-16-17(2)34)21-6-7-23(24(13-21)29-18(3)35)30-31-26-19(14-27)11-22(33(37)38)12-20(26)15-28;1-4-8-31(9-7-24(35)38-15-16(2)33)20-5-6-22(23(12-20)28-17(3)34)29-30-25-18(13-26)10-21(32(36)37)11-19(25)14-27;1-3-25(11-10-21(28)31-14-15(2)27)18-6-4-17(5-7-18)23-24-20-9-8-19(26(29)30)12-16(20)13-22;1-3-23(13-12-20(26)29-14-15(2)25)18-8-4-16(5-9-18)21-22-17-6-10-19(11-7-17)24(27)28/h6-7,11-13H,4-5,8-10,16H2,1-3H3,(H,29,35);5-6,10-12H,4,7-9,15H2,1-3H3,(H,28,34);4-9,12H,3,10-11,14H2,1-2H3;4-11H,3,12-14H2,1-2H3. The predicted octanol–water partition coefficient (Wildman–Crippen LogP) is 17.9. The number of nitrogens with zero attached hydrogens (tertiary/aromatic N) is 21. The number of carbonyl (C=O) groups excluding carboxylic acids is 10. The van der Waals surface area contributed by atoms with E-state index in [9.17, 15) is 109 Å². The summed E-state index contributed by atoms with van der Waals surface area (Å²) in [7, 11) is 0. The van der Waals surface area contributed by atoms with Crippen molar-refractivity contribution in [3.8, 4) is 30.3 Å². The first-order valence-electron chi connectivity index (χ1n) is 41.9. The SMILES string of the molecule is CCCCN(CCC(=O)OCC(C)=O)c1ccc(N=Nc2c(C#N)cc([N+](=O)[O-])cc2C#N)c(NC(C)=O)c1.CCCN(CCC(=O)OCC(C)=O)c1ccc(N=Nc2c(C#N)cc([N+](=O)[O-])cc2C#N)c(NC(C)=O)c1.CCN(CCC(=O)OCC(C)=O)c1ccc(N=Nc2ccc([N+](=O)[O-])cc2)cc1.CCN(CCC(=O)OCC(C)=O)c1ccc(N=Nc2ccc([N+](=O)[O-])cc2C#N)cc1. The van der Waals surface area contributed by atoms with Crippen LogP contribution < -0.4 is 30.2 Å². The van der Waals surface area contributed by atoms with Crippen LogP contribution in [0.2, 0.25) is 0 Å². The lowest BCUT2D eigenvalue weighted by Crippen LogP contribution is -2.28. The van der Waals surface area contributed by atoms with Crippen molar-refractivity contribution >= 4 is 161 Å². The van der Waals surface area contributed by atoms with Crippen molar-refractivity contribution in [1.82, 2.24) is 0 Å². The van der Waals surface area contributed by atoms with Crippen molar-refractivity contribution in [2.24, 2.45) is 40.9 Å². The second-order valence-corrected chi connectivity index (χ2v) is 29.1. The summed E-state index contributed by atoms with van der Waals surface area (Å²) in [6.45, 7) is 19.0. The lowest BCUT2D eigenvalue weighted by atomic mass is 10.1. The molecule has 0 saturated heterocycles. The smallest absolute Gasteiger partial charge is 0.308 e. The van der Waals surface area contributed by atoms with E-state index in [1.165, 1.54) is 77.9 Å². The van der Waals surface area contributed by atoms with Gasteiger partial charge in [-0.15, -0.1) is 25.6 Å². The Kier molecular flexibility index (Phi) is 45.7. The van der Waals surface area contributed by atoms with Gasteiger partial charge in [0, 0.05) is 137 Å². The maximum atomic E-state index is 12.0. The molecule has 0 aliphatic carbocycles. The number of nitro groups is 4. The van der Waals surface area contributed by atoms with Gasteiger partial charge in [-0.05, 0) is 158 Å². The normalized spacial score (nSPS) is 10.5. The summed E-state index contributed by atoms with van der Waals surface area (Å²) in [5.41, 5.74) is 3.90. The largest absolute Gasteiger partial charge is 0.458 e. The minimum absolute atomic E-state index is 0.00173. The Morgan fingerprint density at radius 2 is 0.606 bits per heavy atom. The Labute approximate surface area is 784 Å². The van der Waals surface area contributed by atoms with Crippen LogP contribution >= 0.6 is 0 Å². The molecular formula is C92H95N23O22. The highest BCUT2D eigenvalue weighted by Crippen LogP contribution is 2.39. The Morgan fingerprint density at radius 1 is 0.321 bits per heavy atom. The van der Waals surface area contributed by atoms with E-state index >= 15 is 0 Å². The lowest BCUT2D eigenvalue weighted by Gasteiger charge is -2.25. The van der Waals surface area contributed by atoms with Crippen molar-refractivity contribution < 1.29 is 86.6 Å². The van der Waals surface area contributed by atoms with Gasteiger partial charge in [0.1, 0.15) is 85.2 Å². The molecule has 0 unspecified atom stereocenters. The first-order chi connectivity index (χ1) is 65.4. The number of nitro benzene ring substituents is 4. The van der Waals surface area contributed by atoms with Crippen LogP contribution in [-0.2, 0) is 66.9 Å². The van der Waals surface area contributed by atoms with Gasteiger partial charge < -0.3 is 49.2 Å². The number of non-ortho nitro benzene ring substituents is 4. The van der Waals surface area contributed by atoms with Crippen LogP contribution in [-0.4, -0.2) is 157 Å². The first kappa shape index (κ1) is 109. The van der Waals surface area contributed by atoms with E-state index in [1.807, 2.05) is 77.6 Å². The van der Waals surface area contributed by atoms with E-state index in [-0.39, 0.29) is 166 Å². The minimum Gasteiger partial charge on any atom is -0.458 e. The fourth-order valence-electron chi connectivity index (χ4n) is 11.8. The van der Waals surface area contributed by atoms with E-state index in [1.54, 1.807) is 84.9 Å². The zero-order valence-electron chi connectivity index (χ0n) is 76.2. The van der Waals surface area contributed by atoms with E-state index in [2.05, 4.69) is 51.5 Å². The molecule has 45 nitrogen and oxygen atoms in total. The van der Waals surface area contributed by atoms with Gasteiger partial charge in [-0.2, -0.15) is 41.7 Å². The van der Waals surface area contributed by atoms with Gasteiger partial charge in [0.05, 0.1) is 102 Å². The van der Waals surface area contributed by atoms with Gasteiger partial charge in [0.25, 0.3) is 22.7 Å². The fraction of sp³-hybridized carbons (Fsp3) is 0.315. The highest BCUT2D eigenvalue weighted by molar-refractivity contribution is 5.94. The number of benzene rings is 8. The van der Waals surface area contributed by atoms with Gasteiger partial charge in [0.2, 0.25) is 11.8 Å². The number of amides is 2. The number of esters is 4. The number of hydrogen-bond donors (Lipinski definition) is 2. The summed E-state index contributed by atoms with van der Waals surface area (Å²) >= 11 is 0. The third-order valence-electron chi connectivity index (χ3n) is 18.4. The van der Waals surface area contributed by atoms with Crippen LogP contribution in [0.1, 0.15) is 142 Å². The Balaban J connectivity index is 0.000000325. The number of nitriles is 5. The Hall–Kier alpha value is -18.1. The second-order valence-electron chi connectivity index (χ2n) is 29.1. The molecule has 0 aliphatic rings. The number of ether oxygens (including phenoxy) is 4. The zero-order chi connectivity index (χ0) is 101. The summed E-state index contributed by atoms with van der Waals surface area (Å²) < 4.78 is 19.6. The number of azo groups is 4. The monoisotopic (exact) mass is 1870 g/mol. The number of rotatable bonds is 45. The maximum Gasteiger partial charge on any atom is 0.308 e. The molecular weight excluding hydrogens is 1780 g/mol. The molecule has 137 heavy (non-hydrogen) atoms. The van der Waals surface area contributed by atoms with Crippen molar-refractivity contribution in [3.05, 3.63) is 220 Å². The number of ketones is 4. The number of carbonyl (C=O) groups is 10. The second kappa shape index (κ2) is 57.2. The van der Waals surface area contributed by atoms with Gasteiger partial charge in [-0.25, -0.2) is 0 Å². The quantitative estimate of drug-likeness (QED) is 0.0118. The van der Waals surface area contributed by atoms with Crippen LogP contribution in [0, 0.1) is 97.1 Å². The number of hydrogen-bond acceptors (Lipinski definition) is 39. The third kappa shape index (κ3) is 38.1. The van der Waals surface area contributed by atoms with Crippen LogP contribution in [0.5, 0.6) is 0 Å². The molecule has 0 aromatic heterocycles. The molecule has 0 spiro atoms. The third-order valence-corrected chi connectivity index (χ3v) is 18.4. The molecule has 0 atom stereocenters.